The minimum Gasteiger partial charge on any atom is -0.491 e. The van der Waals surface area contributed by atoms with E-state index in [1.807, 2.05) is 32.0 Å². The molecule has 0 saturated heterocycles. The number of hydrogen-bond acceptors (Lipinski definition) is 6. The lowest BCUT2D eigenvalue weighted by Crippen LogP contribution is -2.36. The summed E-state index contributed by atoms with van der Waals surface area (Å²) in [6.07, 6.45) is -0.629. The van der Waals surface area contributed by atoms with Gasteiger partial charge in [-0.15, -0.1) is 0 Å². The molecule has 1 aromatic heterocycles. The molecule has 0 aliphatic carbocycles. The molecule has 24 heavy (non-hydrogen) atoms. The van der Waals surface area contributed by atoms with E-state index in [4.69, 9.17) is 9.26 Å². The minimum atomic E-state index is -0.629. The number of ether oxygens (including phenoxy) is 1. The number of rotatable bonds is 8. The van der Waals surface area contributed by atoms with Gasteiger partial charge in [0.1, 0.15) is 18.5 Å². The zero-order valence-corrected chi connectivity index (χ0v) is 15.0. The standard InChI is InChI=1S/C18H27N3O3/c1-11(2)17(18-20-14(5)21-24-18)19-9-15(22)10-23-16-8-12(3)6-7-13(16)4/h6-8,11,15,17,19,22H,9-10H2,1-5H3. The van der Waals surface area contributed by atoms with Gasteiger partial charge in [0.2, 0.25) is 5.89 Å². The zero-order chi connectivity index (χ0) is 17.7. The number of nitrogens with one attached hydrogen (secondary N) is 1. The molecule has 0 aliphatic rings. The van der Waals surface area contributed by atoms with Crippen molar-refractivity contribution in [1.82, 2.24) is 15.5 Å². The Hall–Kier alpha value is -1.92. The zero-order valence-electron chi connectivity index (χ0n) is 15.0. The van der Waals surface area contributed by atoms with Gasteiger partial charge in [-0.3, -0.25) is 0 Å². The quantitative estimate of drug-likeness (QED) is 0.773. The van der Waals surface area contributed by atoms with E-state index in [9.17, 15) is 5.11 Å². The van der Waals surface area contributed by atoms with Gasteiger partial charge in [0, 0.05) is 6.54 Å². The molecule has 2 unspecified atom stereocenters. The number of benzene rings is 1. The van der Waals surface area contributed by atoms with Crippen molar-refractivity contribution in [3.05, 3.63) is 41.0 Å². The number of aryl methyl sites for hydroxylation is 3. The summed E-state index contributed by atoms with van der Waals surface area (Å²) in [6.45, 7) is 10.5. The molecule has 1 aromatic carbocycles. The maximum Gasteiger partial charge on any atom is 0.244 e. The van der Waals surface area contributed by atoms with Gasteiger partial charge in [-0.2, -0.15) is 4.98 Å². The highest BCUT2D eigenvalue weighted by molar-refractivity contribution is 5.35. The van der Waals surface area contributed by atoms with Crippen LogP contribution in [0.1, 0.15) is 42.7 Å². The number of aliphatic hydroxyl groups is 1. The van der Waals surface area contributed by atoms with E-state index in [1.165, 1.54) is 0 Å². The van der Waals surface area contributed by atoms with E-state index in [0.29, 0.717) is 18.3 Å². The molecular weight excluding hydrogens is 306 g/mol. The fourth-order valence-electron chi connectivity index (χ4n) is 2.42. The van der Waals surface area contributed by atoms with E-state index in [0.717, 1.165) is 16.9 Å². The summed E-state index contributed by atoms with van der Waals surface area (Å²) < 4.78 is 11.0. The first-order valence-corrected chi connectivity index (χ1v) is 8.28. The van der Waals surface area contributed by atoms with Gasteiger partial charge in [0.15, 0.2) is 5.82 Å². The average Bonchev–Trinajstić information content (AvgIpc) is 2.94. The highest BCUT2D eigenvalue weighted by Gasteiger charge is 2.22. The number of hydrogen-bond donors (Lipinski definition) is 2. The van der Waals surface area contributed by atoms with Crippen LogP contribution in [0.15, 0.2) is 22.7 Å². The molecule has 2 atom stereocenters. The SMILES string of the molecule is Cc1ccc(C)c(OCC(O)CNC(c2nc(C)no2)C(C)C)c1. The monoisotopic (exact) mass is 333 g/mol. The lowest BCUT2D eigenvalue weighted by atomic mass is 10.0. The number of aliphatic hydroxyl groups excluding tert-OH is 1. The molecule has 2 aromatic rings. The van der Waals surface area contributed by atoms with Crippen LogP contribution in [0.4, 0.5) is 0 Å². The van der Waals surface area contributed by atoms with Gasteiger partial charge in [0.25, 0.3) is 0 Å². The Balaban J connectivity index is 1.87. The van der Waals surface area contributed by atoms with Crippen LogP contribution in [-0.2, 0) is 0 Å². The third-order valence-electron chi connectivity index (χ3n) is 3.82. The predicted molar refractivity (Wildman–Crippen MR) is 92.0 cm³/mol. The molecule has 1 heterocycles. The lowest BCUT2D eigenvalue weighted by molar-refractivity contribution is 0.0990. The Morgan fingerprint density at radius 1 is 1.25 bits per heavy atom. The van der Waals surface area contributed by atoms with Crippen molar-refractivity contribution in [2.75, 3.05) is 13.2 Å². The molecule has 0 fully saturated rings. The topological polar surface area (TPSA) is 80.4 Å². The van der Waals surface area contributed by atoms with Crippen LogP contribution in [0.3, 0.4) is 0 Å². The Morgan fingerprint density at radius 2 is 2.00 bits per heavy atom. The second kappa shape index (κ2) is 8.26. The van der Waals surface area contributed by atoms with Gasteiger partial charge in [-0.05, 0) is 43.9 Å². The Kier molecular flexibility index (Phi) is 6.34. The summed E-state index contributed by atoms with van der Waals surface area (Å²) in [5.74, 6) is 2.22. The Labute approximate surface area is 143 Å². The second-order valence-electron chi connectivity index (χ2n) is 6.54. The van der Waals surface area contributed by atoms with E-state index in [-0.39, 0.29) is 18.6 Å². The number of nitrogens with zero attached hydrogens (tertiary/aromatic N) is 2. The largest absolute Gasteiger partial charge is 0.491 e. The molecule has 0 radical (unpaired) electrons. The van der Waals surface area contributed by atoms with Crippen LogP contribution in [-0.4, -0.2) is 34.5 Å². The smallest absolute Gasteiger partial charge is 0.244 e. The molecule has 0 spiro atoms. The van der Waals surface area contributed by atoms with Gasteiger partial charge < -0.3 is 19.7 Å². The minimum absolute atomic E-state index is 0.0958. The van der Waals surface area contributed by atoms with Crippen LogP contribution < -0.4 is 10.1 Å². The third kappa shape index (κ3) is 5.04. The van der Waals surface area contributed by atoms with E-state index < -0.39 is 6.10 Å². The Bertz CT molecular complexity index is 655. The predicted octanol–water partition coefficient (Wildman–Crippen LogP) is 2.72. The average molecular weight is 333 g/mol. The summed E-state index contributed by atoms with van der Waals surface area (Å²) >= 11 is 0. The van der Waals surface area contributed by atoms with Crippen molar-refractivity contribution in [3.63, 3.8) is 0 Å². The molecule has 2 rings (SSSR count). The lowest BCUT2D eigenvalue weighted by Gasteiger charge is -2.21. The van der Waals surface area contributed by atoms with Crippen molar-refractivity contribution in [3.8, 4) is 5.75 Å². The molecule has 132 valence electrons. The highest BCUT2D eigenvalue weighted by Crippen LogP contribution is 2.21. The highest BCUT2D eigenvalue weighted by atomic mass is 16.5. The Morgan fingerprint density at radius 3 is 2.62 bits per heavy atom. The maximum atomic E-state index is 10.2. The van der Waals surface area contributed by atoms with Crippen molar-refractivity contribution in [2.24, 2.45) is 5.92 Å². The van der Waals surface area contributed by atoms with Crippen LogP contribution in [0.5, 0.6) is 5.75 Å². The summed E-state index contributed by atoms with van der Waals surface area (Å²) in [5.41, 5.74) is 2.19. The van der Waals surface area contributed by atoms with Gasteiger partial charge in [0.05, 0.1) is 6.04 Å². The van der Waals surface area contributed by atoms with Crippen molar-refractivity contribution >= 4 is 0 Å². The van der Waals surface area contributed by atoms with Crippen molar-refractivity contribution < 1.29 is 14.4 Å². The fourth-order valence-corrected chi connectivity index (χ4v) is 2.42. The summed E-state index contributed by atoms with van der Waals surface area (Å²) in [4.78, 5) is 4.27. The van der Waals surface area contributed by atoms with Crippen LogP contribution in [0.2, 0.25) is 0 Å². The van der Waals surface area contributed by atoms with Gasteiger partial charge >= 0.3 is 0 Å². The van der Waals surface area contributed by atoms with Crippen molar-refractivity contribution in [1.29, 1.82) is 0 Å². The molecular formula is C18H27N3O3. The molecule has 0 saturated carbocycles. The first-order chi connectivity index (χ1) is 11.4. The molecule has 0 bridgehead atoms. The normalized spacial score (nSPS) is 14.0. The molecule has 6 heteroatoms. The van der Waals surface area contributed by atoms with E-state index >= 15 is 0 Å². The third-order valence-corrected chi connectivity index (χ3v) is 3.82. The molecule has 0 amide bonds. The van der Waals surface area contributed by atoms with Crippen LogP contribution in [0.25, 0.3) is 0 Å². The maximum absolute atomic E-state index is 10.2. The molecule has 6 nitrogen and oxygen atoms in total. The first-order valence-electron chi connectivity index (χ1n) is 8.28. The molecule has 0 aliphatic heterocycles. The first kappa shape index (κ1) is 18.4. The van der Waals surface area contributed by atoms with Crippen molar-refractivity contribution in [2.45, 2.75) is 46.8 Å². The van der Waals surface area contributed by atoms with E-state index in [1.54, 1.807) is 6.92 Å². The van der Waals surface area contributed by atoms with E-state index in [2.05, 4.69) is 29.3 Å². The van der Waals surface area contributed by atoms with Crippen LogP contribution in [0, 0.1) is 26.7 Å². The molecule has 2 N–H and O–H groups in total. The second-order valence-corrected chi connectivity index (χ2v) is 6.54. The van der Waals surface area contributed by atoms with Gasteiger partial charge in [-0.25, -0.2) is 0 Å². The van der Waals surface area contributed by atoms with Gasteiger partial charge in [-0.1, -0.05) is 31.1 Å². The number of aromatic nitrogens is 2. The van der Waals surface area contributed by atoms with Crippen LogP contribution >= 0.6 is 0 Å². The summed E-state index contributed by atoms with van der Waals surface area (Å²) in [5, 5.41) is 17.3. The fraction of sp³-hybridized carbons (Fsp3) is 0.556. The summed E-state index contributed by atoms with van der Waals surface area (Å²) in [7, 11) is 0. The summed E-state index contributed by atoms with van der Waals surface area (Å²) in [6, 6.07) is 5.94.